The second-order valence-electron chi connectivity index (χ2n) is 4.81. The van der Waals surface area contributed by atoms with Gasteiger partial charge in [0.25, 0.3) is 0 Å². The van der Waals surface area contributed by atoms with E-state index in [-0.39, 0.29) is 0 Å². The predicted molar refractivity (Wildman–Crippen MR) is 79.2 cm³/mol. The van der Waals surface area contributed by atoms with Crippen LogP contribution in [0.3, 0.4) is 0 Å². The van der Waals surface area contributed by atoms with Crippen molar-refractivity contribution >= 4 is 0 Å². The molecule has 0 unspecified atom stereocenters. The van der Waals surface area contributed by atoms with E-state index < -0.39 is 0 Å². The minimum atomic E-state index is 0.605. The van der Waals surface area contributed by atoms with Crippen molar-refractivity contribution in [3.05, 3.63) is 53.7 Å². The summed E-state index contributed by atoms with van der Waals surface area (Å²) < 4.78 is 0. The summed E-state index contributed by atoms with van der Waals surface area (Å²) in [5, 5.41) is 16.3. The number of aromatic amines is 1. The maximum atomic E-state index is 9.50. The molecular formula is C16H13N5. The van der Waals surface area contributed by atoms with Crippen LogP contribution in [0, 0.1) is 25.2 Å². The molecule has 3 aromatic rings. The van der Waals surface area contributed by atoms with Crippen molar-refractivity contribution in [2.75, 3.05) is 0 Å². The van der Waals surface area contributed by atoms with Crippen LogP contribution in [0.5, 0.6) is 0 Å². The molecule has 0 bridgehead atoms. The van der Waals surface area contributed by atoms with Crippen LogP contribution in [-0.2, 0) is 0 Å². The fourth-order valence-corrected chi connectivity index (χ4v) is 2.46. The van der Waals surface area contributed by atoms with E-state index in [0.29, 0.717) is 5.56 Å². The van der Waals surface area contributed by atoms with Crippen LogP contribution in [0.2, 0.25) is 0 Å². The van der Waals surface area contributed by atoms with Gasteiger partial charge in [0.1, 0.15) is 6.33 Å². The summed E-state index contributed by atoms with van der Waals surface area (Å²) in [4.78, 5) is 8.25. The molecule has 1 aromatic carbocycles. The van der Waals surface area contributed by atoms with Crippen LogP contribution in [0.15, 0.2) is 37.1 Å². The Labute approximate surface area is 122 Å². The molecule has 0 aliphatic rings. The molecule has 2 aromatic heterocycles. The fraction of sp³-hybridized carbons (Fsp3) is 0.125. The Balaban J connectivity index is 2.42. The van der Waals surface area contributed by atoms with Gasteiger partial charge in [0.05, 0.1) is 23.5 Å². The zero-order valence-corrected chi connectivity index (χ0v) is 11.8. The van der Waals surface area contributed by atoms with Gasteiger partial charge in [-0.15, -0.1) is 0 Å². The Morgan fingerprint density at radius 2 is 2.10 bits per heavy atom. The molecule has 102 valence electrons. The number of hydrogen-bond acceptors (Lipinski definition) is 4. The number of H-pyrrole nitrogens is 1. The zero-order valence-electron chi connectivity index (χ0n) is 11.8. The van der Waals surface area contributed by atoms with Crippen LogP contribution in [0.25, 0.3) is 22.4 Å². The lowest BCUT2D eigenvalue weighted by atomic mass is 9.88. The van der Waals surface area contributed by atoms with Gasteiger partial charge in [0.15, 0.2) is 0 Å². The van der Waals surface area contributed by atoms with Crippen molar-refractivity contribution < 1.29 is 0 Å². The second kappa shape index (κ2) is 5.17. The average molecular weight is 275 g/mol. The summed E-state index contributed by atoms with van der Waals surface area (Å²) in [6.45, 7) is 4.05. The molecule has 5 nitrogen and oxygen atoms in total. The number of rotatable bonds is 2. The van der Waals surface area contributed by atoms with E-state index in [4.69, 9.17) is 0 Å². The highest BCUT2D eigenvalue weighted by atomic mass is 15.1. The van der Waals surface area contributed by atoms with Gasteiger partial charge in [-0.2, -0.15) is 10.4 Å². The molecule has 0 radical (unpaired) electrons. The predicted octanol–water partition coefficient (Wildman–Crippen LogP) is 3.02. The highest BCUT2D eigenvalue weighted by molar-refractivity contribution is 5.88. The van der Waals surface area contributed by atoms with E-state index in [1.807, 2.05) is 32.2 Å². The van der Waals surface area contributed by atoms with Crippen LogP contribution in [0.4, 0.5) is 0 Å². The molecule has 0 spiro atoms. The number of nitrogens with one attached hydrogen (secondary N) is 1. The van der Waals surface area contributed by atoms with Gasteiger partial charge in [-0.3, -0.25) is 5.10 Å². The third kappa shape index (κ3) is 2.17. The van der Waals surface area contributed by atoms with E-state index in [0.717, 1.165) is 33.5 Å². The standard InChI is InChI=1S/C16H13N5/c1-10-5-12(6-17)16(14-3-4-18-9-19-14)15(11(10)2)13-7-20-21-8-13/h3-5,7-9H,1-2H3,(H,20,21). The van der Waals surface area contributed by atoms with Gasteiger partial charge < -0.3 is 0 Å². The Kier molecular flexibility index (Phi) is 3.20. The topological polar surface area (TPSA) is 78.2 Å². The Morgan fingerprint density at radius 1 is 1.24 bits per heavy atom. The third-order valence-electron chi connectivity index (χ3n) is 3.59. The van der Waals surface area contributed by atoms with Gasteiger partial charge in [-0.25, -0.2) is 9.97 Å². The van der Waals surface area contributed by atoms with Gasteiger partial charge in [-0.05, 0) is 42.7 Å². The number of benzene rings is 1. The number of hydrogen-bond donors (Lipinski definition) is 1. The molecule has 1 N–H and O–H groups in total. The third-order valence-corrected chi connectivity index (χ3v) is 3.59. The largest absolute Gasteiger partial charge is 0.285 e. The molecule has 0 saturated carbocycles. The lowest BCUT2D eigenvalue weighted by Crippen LogP contribution is -1.97. The number of nitrogens with zero attached hydrogens (tertiary/aromatic N) is 4. The second-order valence-corrected chi connectivity index (χ2v) is 4.81. The van der Waals surface area contributed by atoms with Crippen molar-refractivity contribution in [1.82, 2.24) is 20.2 Å². The van der Waals surface area contributed by atoms with E-state index in [1.165, 1.54) is 6.33 Å². The summed E-state index contributed by atoms with van der Waals surface area (Å²) in [7, 11) is 0. The summed E-state index contributed by atoms with van der Waals surface area (Å²) in [6.07, 6.45) is 6.75. The molecule has 0 aliphatic heterocycles. The van der Waals surface area contributed by atoms with Gasteiger partial charge in [-0.1, -0.05) is 0 Å². The van der Waals surface area contributed by atoms with Gasteiger partial charge >= 0.3 is 0 Å². The van der Waals surface area contributed by atoms with Crippen LogP contribution in [-0.4, -0.2) is 20.2 Å². The molecule has 21 heavy (non-hydrogen) atoms. The van der Waals surface area contributed by atoms with E-state index in [1.54, 1.807) is 12.4 Å². The monoisotopic (exact) mass is 275 g/mol. The maximum Gasteiger partial charge on any atom is 0.116 e. The van der Waals surface area contributed by atoms with Crippen molar-refractivity contribution in [2.45, 2.75) is 13.8 Å². The maximum absolute atomic E-state index is 9.50. The Hall–Kier alpha value is -3.00. The lowest BCUT2D eigenvalue weighted by molar-refractivity contribution is 1.09. The molecule has 0 saturated heterocycles. The molecule has 3 rings (SSSR count). The molecular weight excluding hydrogens is 262 g/mol. The normalized spacial score (nSPS) is 10.3. The molecule has 2 heterocycles. The summed E-state index contributed by atoms with van der Waals surface area (Å²) in [5.74, 6) is 0. The van der Waals surface area contributed by atoms with Crippen molar-refractivity contribution in [3.8, 4) is 28.5 Å². The summed E-state index contributed by atoms with van der Waals surface area (Å²) >= 11 is 0. The molecule has 5 heteroatoms. The minimum absolute atomic E-state index is 0.605. The first kappa shape index (κ1) is 13.0. The summed E-state index contributed by atoms with van der Waals surface area (Å²) in [5.41, 5.74) is 6.28. The highest BCUT2D eigenvalue weighted by Gasteiger charge is 2.18. The molecule has 0 aliphatic carbocycles. The van der Waals surface area contributed by atoms with Crippen LogP contribution >= 0.6 is 0 Å². The summed E-state index contributed by atoms with van der Waals surface area (Å²) in [6, 6.07) is 5.99. The van der Waals surface area contributed by atoms with Crippen LogP contribution < -0.4 is 0 Å². The molecule has 0 fully saturated rings. The molecule has 0 amide bonds. The smallest absolute Gasteiger partial charge is 0.116 e. The van der Waals surface area contributed by atoms with Gasteiger partial charge in [0.2, 0.25) is 0 Å². The van der Waals surface area contributed by atoms with Crippen molar-refractivity contribution in [3.63, 3.8) is 0 Å². The molecule has 0 atom stereocenters. The minimum Gasteiger partial charge on any atom is -0.285 e. The van der Waals surface area contributed by atoms with Gasteiger partial charge in [0, 0.05) is 23.5 Å². The zero-order chi connectivity index (χ0) is 14.8. The Bertz CT molecular complexity index is 814. The first-order valence-electron chi connectivity index (χ1n) is 6.52. The lowest BCUT2D eigenvalue weighted by Gasteiger charge is -2.15. The van der Waals surface area contributed by atoms with Crippen LogP contribution in [0.1, 0.15) is 16.7 Å². The number of aryl methyl sites for hydroxylation is 1. The fourth-order valence-electron chi connectivity index (χ4n) is 2.46. The van der Waals surface area contributed by atoms with Crippen molar-refractivity contribution in [2.24, 2.45) is 0 Å². The average Bonchev–Trinajstić information content (AvgIpc) is 3.04. The Morgan fingerprint density at radius 3 is 2.71 bits per heavy atom. The first-order valence-corrected chi connectivity index (χ1v) is 6.52. The van der Waals surface area contributed by atoms with E-state index in [2.05, 4.69) is 26.2 Å². The van der Waals surface area contributed by atoms with E-state index >= 15 is 0 Å². The van der Waals surface area contributed by atoms with Crippen molar-refractivity contribution in [1.29, 1.82) is 5.26 Å². The number of aromatic nitrogens is 4. The quantitative estimate of drug-likeness (QED) is 0.779. The first-order chi connectivity index (χ1) is 10.2. The van der Waals surface area contributed by atoms with E-state index in [9.17, 15) is 5.26 Å². The SMILES string of the molecule is Cc1cc(C#N)c(-c2ccncn2)c(-c2cn[nH]c2)c1C. The highest BCUT2D eigenvalue weighted by Crippen LogP contribution is 2.37. The number of nitriles is 1.